The Hall–Kier alpha value is -1.88. The lowest BCUT2D eigenvalue weighted by Crippen LogP contribution is -2.42. The second kappa shape index (κ2) is 7.78. The van der Waals surface area contributed by atoms with Crippen LogP contribution < -0.4 is 5.32 Å². The van der Waals surface area contributed by atoms with Crippen molar-refractivity contribution in [2.24, 2.45) is 0 Å². The lowest BCUT2D eigenvalue weighted by atomic mass is 9.92. The summed E-state index contributed by atoms with van der Waals surface area (Å²) in [7, 11) is 0. The van der Waals surface area contributed by atoms with Crippen molar-refractivity contribution in [2.45, 2.75) is 32.8 Å². The molecule has 0 radical (unpaired) electrons. The van der Waals surface area contributed by atoms with Gasteiger partial charge < -0.3 is 15.3 Å². The molecule has 5 nitrogen and oxygen atoms in total. The fourth-order valence-electron chi connectivity index (χ4n) is 2.11. The molecule has 0 aromatic heterocycles. The Kier molecular flexibility index (Phi) is 6.37. The highest BCUT2D eigenvalue weighted by Gasteiger charge is 2.29. The molecule has 0 saturated heterocycles. The quantitative estimate of drug-likeness (QED) is 0.795. The van der Waals surface area contributed by atoms with Crippen molar-refractivity contribution in [3.63, 3.8) is 0 Å². The van der Waals surface area contributed by atoms with E-state index in [0.717, 1.165) is 0 Å². The molecular formula is C16H24N2O3. The van der Waals surface area contributed by atoms with Crippen LogP contribution in [0.3, 0.4) is 0 Å². The van der Waals surface area contributed by atoms with Gasteiger partial charge in [-0.25, -0.2) is 0 Å². The predicted octanol–water partition coefficient (Wildman–Crippen LogP) is 1.27. The maximum atomic E-state index is 12.3. The molecule has 1 aromatic carbocycles. The lowest BCUT2D eigenvalue weighted by molar-refractivity contribution is -0.139. The normalized spacial score (nSPS) is 13.3. The zero-order valence-electron chi connectivity index (χ0n) is 12.9. The van der Waals surface area contributed by atoms with E-state index in [-0.39, 0.29) is 24.8 Å². The molecule has 2 N–H and O–H groups in total. The number of hydrogen-bond donors (Lipinski definition) is 2. The fourth-order valence-corrected chi connectivity index (χ4v) is 2.11. The van der Waals surface area contributed by atoms with Crippen LogP contribution in [0.25, 0.3) is 0 Å². The topological polar surface area (TPSA) is 69.6 Å². The van der Waals surface area contributed by atoms with Gasteiger partial charge >= 0.3 is 0 Å². The number of likely N-dealkylation sites (N-methyl/N-ethyl adjacent to an activating group) is 2. The first-order valence-electron chi connectivity index (χ1n) is 7.23. The van der Waals surface area contributed by atoms with E-state index in [4.69, 9.17) is 0 Å². The van der Waals surface area contributed by atoms with Gasteiger partial charge in [0.25, 0.3) is 0 Å². The molecule has 0 bridgehead atoms. The van der Waals surface area contributed by atoms with Crippen molar-refractivity contribution in [3.8, 4) is 0 Å². The van der Waals surface area contributed by atoms with Crippen molar-refractivity contribution in [2.75, 3.05) is 19.6 Å². The standard InChI is InChI=1S/C16H24N2O3/c1-4-17-14(19)12-18(5-2)15(20)11-16(3,21)13-9-7-6-8-10-13/h6-10,21H,4-5,11-12H2,1-3H3,(H,17,19). The molecule has 0 aliphatic heterocycles. The summed E-state index contributed by atoms with van der Waals surface area (Å²) in [4.78, 5) is 25.3. The summed E-state index contributed by atoms with van der Waals surface area (Å²) in [6.07, 6.45) is -0.0513. The number of hydrogen-bond acceptors (Lipinski definition) is 3. The summed E-state index contributed by atoms with van der Waals surface area (Å²) in [6.45, 7) is 6.24. The molecule has 0 aliphatic carbocycles. The molecular weight excluding hydrogens is 268 g/mol. The second-order valence-electron chi connectivity index (χ2n) is 5.18. The van der Waals surface area contributed by atoms with Gasteiger partial charge in [-0.1, -0.05) is 30.3 Å². The number of amides is 2. The first kappa shape index (κ1) is 17.2. The van der Waals surface area contributed by atoms with Crippen LogP contribution in [-0.4, -0.2) is 41.5 Å². The Morgan fingerprint density at radius 2 is 1.86 bits per heavy atom. The van der Waals surface area contributed by atoms with E-state index in [1.807, 2.05) is 32.0 Å². The van der Waals surface area contributed by atoms with Crippen molar-refractivity contribution >= 4 is 11.8 Å². The van der Waals surface area contributed by atoms with Crippen molar-refractivity contribution in [3.05, 3.63) is 35.9 Å². The molecule has 1 atom stereocenters. The number of benzene rings is 1. The van der Waals surface area contributed by atoms with Gasteiger partial charge in [-0.2, -0.15) is 0 Å². The van der Waals surface area contributed by atoms with Gasteiger partial charge in [-0.15, -0.1) is 0 Å². The van der Waals surface area contributed by atoms with Crippen LogP contribution in [0.4, 0.5) is 0 Å². The van der Waals surface area contributed by atoms with E-state index in [2.05, 4.69) is 5.32 Å². The maximum Gasteiger partial charge on any atom is 0.239 e. The summed E-state index contributed by atoms with van der Waals surface area (Å²) in [5, 5.41) is 13.2. The average Bonchev–Trinajstić information content (AvgIpc) is 2.45. The molecule has 0 aliphatic rings. The zero-order valence-corrected chi connectivity index (χ0v) is 12.9. The minimum atomic E-state index is -1.24. The van der Waals surface area contributed by atoms with Crippen molar-refractivity contribution in [1.29, 1.82) is 0 Å². The van der Waals surface area contributed by atoms with Gasteiger partial charge in [0.1, 0.15) is 0 Å². The first-order valence-corrected chi connectivity index (χ1v) is 7.23. The molecule has 0 saturated carbocycles. The van der Waals surface area contributed by atoms with E-state index >= 15 is 0 Å². The van der Waals surface area contributed by atoms with Gasteiger partial charge in [-0.05, 0) is 26.3 Å². The van der Waals surface area contributed by atoms with Crippen LogP contribution >= 0.6 is 0 Å². The average molecular weight is 292 g/mol. The van der Waals surface area contributed by atoms with Gasteiger partial charge in [-0.3, -0.25) is 9.59 Å². The number of carbonyl (C=O) groups is 2. The van der Waals surface area contributed by atoms with E-state index in [1.165, 1.54) is 4.90 Å². The summed E-state index contributed by atoms with van der Waals surface area (Å²) >= 11 is 0. The van der Waals surface area contributed by atoms with E-state index in [9.17, 15) is 14.7 Å². The third-order valence-corrected chi connectivity index (χ3v) is 3.33. The first-order chi connectivity index (χ1) is 9.90. The van der Waals surface area contributed by atoms with Crippen LogP contribution in [0, 0.1) is 0 Å². The maximum absolute atomic E-state index is 12.3. The third-order valence-electron chi connectivity index (χ3n) is 3.33. The van der Waals surface area contributed by atoms with Crippen molar-refractivity contribution in [1.82, 2.24) is 10.2 Å². The SMILES string of the molecule is CCNC(=O)CN(CC)C(=O)CC(C)(O)c1ccccc1. The fraction of sp³-hybridized carbons (Fsp3) is 0.500. The van der Waals surface area contributed by atoms with Crippen LogP contribution in [0.1, 0.15) is 32.8 Å². The number of nitrogens with zero attached hydrogens (tertiary/aromatic N) is 1. The van der Waals surface area contributed by atoms with Crippen molar-refractivity contribution < 1.29 is 14.7 Å². The molecule has 2 amide bonds. The molecule has 116 valence electrons. The highest BCUT2D eigenvalue weighted by molar-refractivity contribution is 5.85. The molecule has 5 heteroatoms. The zero-order chi connectivity index (χ0) is 15.9. The smallest absolute Gasteiger partial charge is 0.239 e. The molecule has 0 heterocycles. The number of nitrogens with one attached hydrogen (secondary N) is 1. The highest BCUT2D eigenvalue weighted by atomic mass is 16.3. The van der Waals surface area contributed by atoms with Crippen LogP contribution in [-0.2, 0) is 15.2 Å². The Morgan fingerprint density at radius 1 is 1.24 bits per heavy atom. The van der Waals surface area contributed by atoms with Gasteiger partial charge in [0.2, 0.25) is 11.8 Å². The molecule has 1 rings (SSSR count). The monoisotopic (exact) mass is 292 g/mol. The predicted molar refractivity (Wildman–Crippen MR) is 81.6 cm³/mol. The molecule has 21 heavy (non-hydrogen) atoms. The Labute approximate surface area is 126 Å². The van der Waals surface area contributed by atoms with Crippen LogP contribution in [0.5, 0.6) is 0 Å². The number of rotatable bonds is 7. The third kappa shape index (κ3) is 5.19. The van der Waals surface area contributed by atoms with E-state index in [0.29, 0.717) is 18.7 Å². The summed E-state index contributed by atoms with van der Waals surface area (Å²) in [6, 6.07) is 9.07. The Bertz CT molecular complexity index is 472. The van der Waals surface area contributed by atoms with E-state index < -0.39 is 5.60 Å². The Balaban J connectivity index is 2.71. The van der Waals surface area contributed by atoms with Gasteiger partial charge in [0, 0.05) is 13.1 Å². The highest BCUT2D eigenvalue weighted by Crippen LogP contribution is 2.24. The van der Waals surface area contributed by atoms with Crippen LogP contribution in [0.15, 0.2) is 30.3 Å². The summed E-state index contributed by atoms with van der Waals surface area (Å²) in [5.41, 5.74) is -0.556. The largest absolute Gasteiger partial charge is 0.385 e. The second-order valence-corrected chi connectivity index (χ2v) is 5.18. The Morgan fingerprint density at radius 3 is 2.38 bits per heavy atom. The van der Waals surface area contributed by atoms with Crippen LogP contribution in [0.2, 0.25) is 0 Å². The molecule has 0 fully saturated rings. The molecule has 1 aromatic rings. The lowest BCUT2D eigenvalue weighted by Gasteiger charge is -2.27. The van der Waals surface area contributed by atoms with E-state index in [1.54, 1.807) is 19.1 Å². The minimum absolute atomic E-state index is 0.0219. The molecule has 0 spiro atoms. The minimum Gasteiger partial charge on any atom is -0.385 e. The summed E-state index contributed by atoms with van der Waals surface area (Å²) in [5.74, 6) is -0.426. The van der Waals surface area contributed by atoms with Gasteiger partial charge in [0.05, 0.1) is 18.6 Å². The van der Waals surface area contributed by atoms with Gasteiger partial charge in [0.15, 0.2) is 0 Å². The molecule has 1 unspecified atom stereocenters. The number of aliphatic hydroxyl groups is 1. The summed E-state index contributed by atoms with van der Waals surface area (Å²) < 4.78 is 0. The number of carbonyl (C=O) groups excluding carboxylic acids is 2.